The van der Waals surface area contributed by atoms with E-state index in [2.05, 4.69) is 41.5 Å². The van der Waals surface area contributed by atoms with Crippen molar-refractivity contribution in [2.45, 2.75) is 99.3 Å². The van der Waals surface area contributed by atoms with Crippen LogP contribution < -0.4 is 0 Å². The van der Waals surface area contributed by atoms with Crippen LogP contribution in [-0.4, -0.2) is 0 Å². The van der Waals surface area contributed by atoms with Crippen molar-refractivity contribution in [2.75, 3.05) is 0 Å². The van der Waals surface area contributed by atoms with Crippen LogP contribution in [0.4, 0.5) is 0 Å². The summed E-state index contributed by atoms with van der Waals surface area (Å²) < 4.78 is 0. The molecule has 0 N–H and O–H groups in total. The molecule has 0 aromatic carbocycles. The Morgan fingerprint density at radius 3 is 1.68 bits per heavy atom. The fraction of sp³-hybridized carbons (Fsp3) is 1.00. The highest BCUT2D eigenvalue weighted by Gasteiger charge is 2.13. The third-order valence-corrected chi connectivity index (χ3v) is 5.20. The van der Waals surface area contributed by atoms with E-state index in [0.717, 1.165) is 23.7 Å². The van der Waals surface area contributed by atoms with Crippen molar-refractivity contribution in [1.29, 1.82) is 0 Å². The zero-order valence-corrected chi connectivity index (χ0v) is 14.7. The number of unbranched alkanes of at least 4 members (excludes halogenated alkanes) is 2. The first kappa shape index (κ1) is 19.0. The molecule has 0 nitrogen and oxygen atoms in total. The molecule has 116 valence electrons. The van der Waals surface area contributed by atoms with E-state index >= 15 is 0 Å². The van der Waals surface area contributed by atoms with E-state index in [-0.39, 0.29) is 0 Å². The van der Waals surface area contributed by atoms with Crippen molar-refractivity contribution in [3.63, 3.8) is 0 Å². The molecule has 0 aliphatic carbocycles. The van der Waals surface area contributed by atoms with E-state index in [4.69, 9.17) is 0 Å². The standard InChI is InChI=1S/C19H40/c1-7-9-10-11-18(5)19(6)15-14-17(4)13-12-16(3)8-2/h16-19H,7-15H2,1-6H3. The Balaban J connectivity index is 3.66. The maximum absolute atomic E-state index is 2.47. The molecule has 0 aliphatic rings. The van der Waals surface area contributed by atoms with E-state index in [1.807, 2.05) is 0 Å². The Hall–Kier alpha value is 0. The Kier molecular flexibility index (Phi) is 11.8. The van der Waals surface area contributed by atoms with Crippen molar-refractivity contribution < 1.29 is 0 Å². The van der Waals surface area contributed by atoms with E-state index in [9.17, 15) is 0 Å². The van der Waals surface area contributed by atoms with Gasteiger partial charge in [-0.15, -0.1) is 0 Å². The average Bonchev–Trinajstić information content (AvgIpc) is 2.41. The molecule has 0 heteroatoms. The lowest BCUT2D eigenvalue weighted by molar-refractivity contribution is 0.298. The summed E-state index contributed by atoms with van der Waals surface area (Å²) in [7, 11) is 0. The zero-order chi connectivity index (χ0) is 14.7. The van der Waals surface area contributed by atoms with Gasteiger partial charge in [-0.1, -0.05) is 99.3 Å². The molecule has 0 saturated heterocycles. The van der Waals surface area contributed by atoms with Crippen LogP contribution in [0.2, 0.25) is 0 Å². The van der Waals surface area contributed by atoms with Crippen molar-refractivity contribution in [2.24, 2.45) is 23.7 Å². The molecule has 0 aliphatic heterocycles. The van der Waals surface area contributed by atoms with Gasteiger partial charge in [-0.3, -0.25) is 0 Å². The summed E-state index contributed by atoms with van der Waals surface area (Å²) in [5, 5.41) is 0. The number of hydrogen-bond acceptors (Lipinski definition) is 0. The molecule has 0 heterocycles. The largest absolute Gasteiger partial charge is 0.0654 e. The van der Waals surface area contributed by atoms with Gasteiger partial charge in [0.15, 0.2) is 0 Å². The summed E-state index contributed by atoms with van der Waals surface area (Å²) in [6.07, 6.45) is 12.7. The maximum Gasteiger partial charge on any atom is -0.0417 e. The highest BCUT2D eigenvalue weighted by molar-refractivity contribution is 4.65. The van der Waals surface area contributed by atoms with Crippen LogP contribution in [0, 0.1) is 23.7 Å². The SMILES string of the molecule is CCCCCC(C)C(C)CCC(C)CCC(C)CC. The van der Waals surface area contributed by atoms with Gasteiger partial charge in [-0.25, -0.2) is 0 Å². The normalized spacial score (nSPS) is 18.0. The number of hydrogen-bond donors (Lipinski definition) is 0. The van der Waals surface area contributed by atoms with E-state index in [0.29, 0.717) is 0 Å². The Morgan fingerprint density at radius 2 is 1.11 bits per heavy atom. The van der Waals surface area contributed by atoms with Gasteiger partial charge >= 0.3 is 0 Å². The fourth-order valence-corrected chi connectivity index (χ4v) is 2.75. The van der Waals surface area contributed by atoms with E-state index in [1.165, 1.54) is 57.8 Å². The Morgan fingerprint density at radius 1 is 0.579 bits per heavy atom. The molecule has 0 aromatic heterocycles. The molecule has 0 aromatic rings. The first-order valence-electron chi connectivity index (χ1n) is 9.01. The predicted octanol–water partition coefficient (Wildman–Crippen LogP) is 7.08. The van der Waals surface area contributed by atoms with Gasteiger partial charge in [0, 0.05) is 0 Å². The van der Waals surface area contributed by atoms with Crippen LogP contribution >= 0.6 is 0 Å². The van der Waals surface area contributed by atoms with Gasteiger partial charge in [-0.05, 0) is 23.7 Å². The van der Waals surface area contributed by atoms with Gasteiger partial charge < -0.3 is 0 Å². The van der Waals surface area contributed by atoms with Crippen molar-refractivity contribution in [3.05, 3.63) is 0 Å². The maximum atomic E-state index is 2.47. The minimum Gasteiger partial charge on any atom is -0.0654 e. The fourth-order valence-electron chi connectivity index (χ4n) is 2.75. The molecule has 0 rings (SSSR count). The van der Waals surface area contributed by atoms with Gasteiger partial charge in [0.05, 0.1) is 0 Å². The van der Waals surface area contributed by atoms with Crippen LogP contribution in [0.15, 0.2) is 0 Å². The van der Waals surface area contributed by atoms with Crippen molar-refractivity contribution >= 4 is 0 Å². The first-order valence-corrected chi connectivity index (χ1v) is 9.01. The lowest BCUT2D eigenvalue weighted by atomic mass is 9.84. The molecule has 4 atom stereocenters. The summed E-state index contributed by atoms with van der Waals surface area (Å²) in [5.41, 5.74) is 0. The molecule has 4 unspecified atom stereocenters. The third kappa shape index (κ3) is 10.4. The highest BCUT2D eigenvalue weighted by atomic mass is 14.2. The highest BCUT2D eigenvalue weighted by Crippen LogP contribution is 2.26. The van der Waals surface area contributed by atoms with Crippen LogP contribution in [-0.2, 0) is 0 Å². The molecule has 0 spiro atoms. The minimum absolute atomic E-state index is 0.919. The molecule has 19 heavy (non-hydrogen) atoms. The summed E-state index contributed by atoms with van der Waals surface area (Å²) in [6, 6.07) is 0. The van der Waals surface area contributed by atoms with Crippen LogP contribution in [0.3, 0.4) is 0 Å². The molecule has 0 amide bonds. The van der Waals surface area contributed by atoms with Crippen molar-refractivity contribution in [1.82, 2.24) is 0 Å². The topological polar surface area (TPSA) is 0 Å². The van der Waals surface area contributed by atoms with Gasteiger partial charge in [0.2, 0.25) is 0 Å². The lowest BCUT2D eigenvalue weighted by Crippen LogP contribution is -2.10. The molecule has 0 saturated carbocycles. The van der Waals surface area contributed by atoms with Gasteiger partial charge in [0.25, 0.3) is 0 Å². The summed E-state index contributed by atoms with van der Waals surface area (Å²) in [6.45, 7) is 14.4. The van der Waals surface area contributed by atoms with E-state index < -0.39 is 0 Å². The monoisotopic (exact) mass is 268 g/mol. The summed E-state index contributed by atoms with van der Waals surface area (Å²) in [5.74, 6) is 3.70. The smallest absolute Gasteiger partial charge is 0.0417 e. The molecular formula is C19H40. The zero-order valence-electron chi connectivity index (χ0n) is 14.7. The molecule has 0 fully saturated rings. The quantitative estimate of drug-likeness (QED) is 0.332. The van der Waals surface area contributed by atoms with Crippen molar-refractivity contribution in [3.8, 4) is 0 Å². The van der Waals surface area contributed by atoms with E-state index in [1.54, 1.807) is 0 Å². The lowest BCUT2D eigenvalue weighted by Gasteiger charge is -2.22. The molecule has 0 radical (unpaired) electrons. The summed E-state index contributed by atoms with van der Waals surface area (Å²) >= 11 is 0. The molecular weight excluding hydrogens is 228 g/mol. The first-order chi connectivity index (χ1) is 9.01. The second-order valence-electron chi connectivity index (χ2n) is 7.22. The minimum atomic E-state index is 0.919. The Bertz CT molecular complexity index is 184. The Labute approximate surface area is 123 Å². The third-order valence-electron chi connectivity index (χ3n) is 5.20. The summed E-state index contributed by atoms with van der Waals surface area (Å²) in [4.78, 5) is 0. The van der Waals surface area contributed by atoms with Crippen LogP contribution in [0.1, 0.15) is 99.3 Å². The predicted molar refractivity (Wildman–Crippen MR) is 89.6 cm³/mol. The van der Waals surface area contributed by atoms with Gasteiger partial charge in [-0.2, -0.15) is 0 Å². The van der Waals surface area contributed by atoms with Crippen LogP contribution in [0.5, 0.6) is 0 Å². The van der Waals surface area contributed by atoms with Gasteiger partial charge in [0.1, 0.15) is 0 Å². The number of rotatable bonds is 12. The second-order valence-corrected chi connectivity index (χ2v) is 7.22. The average molecular weight is 269 g/mol. The molecule has 0 bridgehead atoms. The second kappa shape index (κ2) is 11.8. The van der Waals surface area contributed by atoms with Crippen LogP contribution in [0.25, 0.3) is 0 Å².